The maximum atomic E-state index is 12.3. The molecule has 0 saturated carbocycles. The van der Waals surface area contributed by atoms with Crippen molar-refractivity contribution < 1.29 is 13.2 Å². The summed E-state index contributed by atoms with van der Waals surface area (Å²) in [5.41, 5.74) is 2.07. The van der Waals surface area contributed by atoms with E-state index in [0.717, 1.165) is 5.56 Å². The Morgan fingerprint density at radius 2 is 1.87 bits per heavy atom. The number of benzene rings is 2. The van der Waals surface area contributed by atoms with E-state index < -0.39 is 10.0 Å². The molecule has 0 atom stereocenters. The molecule has 0 saturated heterocycles. The van der Waals surface area contributed by atoms with Gasteiger partial charge in [0.1, 0.15) is 0 Å². The molecule has 0 aromatic heterocycles. The van der Waals surface area contributed by atoms with Crippen molar-refractivity contribution in [1.29, 1.82) is 0 Å². The Morgan fingerprint density at radius 3 is 2.52 bits per heavy atom. The van der Waals surface area contributed by atoms with Crippen LogP contribution in [0.3, 0.4) is 0 Å². The minimum atomic E-state index is -3.57. The smallest absolute Gasteiger partial charge is 0.252 e. The molecule has 5 nitrogen and oxygen atoms in total. The SMILES string of the molecule is CNS(=O)(=O)c1ccccc1CNC(=O)c1ccc(C)cc1Br. The fourth-order valence-corrected chi connectivity index (χ4v) is 3.73. The van der Waals surface area contributed by atoms with Crippen LogP contribution < -0.4 is 10.0 Å². The molecule has 2 aromatic carbocycles. The quantitative estimate of drug-likeness (QED) is 0.815. The second-order valence-corrected chi connectivity index (χ2v) is 7.69. The maximum Gasteiger partial charge on any atom is 0.252 e. The predicted molar refractivity (Wildman–Crippen MR) is 92.7 cm³/mol. The van der Waals surface area contributed by atoms with Gasteiger partial charge >= 0.3 is 0 Å². The summed E-state index contributed by atoms with van der Waals surface area (Å²) in [7, 11) is -2.21. The third-order valence-corrected chi connectivity index (χ3v) is 5.51. The van der Waals surface area contributed by atoms with Gasteiger partial charge in [0.15, 0.2) is 0 Å². The summed E-state index contributed by atoms with van der Waals surface area (Å²) in [6.45, 7) is 2.06. The molecule has 23 heavy (non-hydrogen) atoms. The number of amides is 1. The highest BCUT2D eigenvalue weighted by molar-refractivity contribution is 9.10. The van der Waals surface area contributed by atoms with Crippen molar-refractivity contribution in [2.45, 2.75) is 18.4 Å². The Kier molecular flexibility index (Phi) is 5.56. The molecular weight excluding hydrogens is 380 g/mol. The highest BCUT2D eigenvalue weighted by Gasteiger charge is 2.17. The molecule has 2 rings (SSSR count). The van der Waals surface area contributed by atoms with Crippen LogP contribution in [0.25, 0.3) is 0 Å². The van der Waals surface area contributed by atoms with Gasteiger partial charge in [-0.3, -0.25) is 4.79 Å². The topological polar surface area (TPSA) is 75.3 Å². The van der Waals surface area contributed by atoms with Crippen LogP contribution >= 0.6 is 15.9 Å². The zero-order valence-electron chi connectivity index (χ0n) is 12.8. The average molecular weight is 397 g/mol. The zero-order chi connectivity index (χ0) is 17.0. The average Bonchev–Trinajstić information content (AvgIpc) is 2.53. The second-order valence-electron chi connectivity index (χ2n) is 4.98. The van der Waals surface area contributed by atoms with Gasteiger partial charge in [-0.2, -0.15) is 0 Å². The number of carbonyl (C=O) groups is 1. The zero-order valence-corrected chi connectivity index (χ0v) is 15.2. The van der Waals surface area contributed by atoms with Gasteiger partial charge in [0.05, 0.1) is 10.5 Å². The fraction of sp³-hybridized carbons (Fsp3) is 0.188. The standard InChI is InChI=1S/C16H17BrN2O3S/c1-11-7-8-13(14(17)9-11)16(20)19-10-12-5-3-4-6-15(12)23(21,22)18-2/h3-9,18H,10H2,1-2H3,(H,19,20). The van der Waals surface area contributed by atoms with Gasteiger partial charge in [-0.25, -0.2) is 13.1 Å². The van der Waals surface area contributed by atoms with Crippen molar-refractivity contribution in [2.75, 3.05) is 7.05 Å². The lowest BCUT2D eigenvalue weighted by Gasteiger charge is -2.11. The van der Waals surface area contributed by atoms with E-state index in [1.54, 1.807) is 24.3 Å². The third-order valence-electron chi connectivity index (χ3n) is 3.34. The van der Waals surface area contributed by atoms with Gasteiger partial charge in [0.2, 0.25) is 10.0 Å². The molecule has 0 bridgehead atoms. The number of aryl methyl sites for hydroxylation is 1. The minimum absolute atomic E-state index is 0.121. The van der Waals surface area contributed by atoms with E-state index in [1.165, 1.54) is 13.1 Å². The highest BCUT2D eigenvalue weighted by Crippen LogP contribution is 2.19. The van der Waals surface area contributed by atoms with Crippen LogP contribution in [0.4, 0.5) is 0 Å². The van der Waals surface area contributed by atoms with Crippen LogP contribution in [0, 0.1) is 6.92 Å². The van der Waals surface area contributed by atoms with E-state index in [2.05, 4.69) is 26.0 Å². The summed E-state index contributed by atoms with van der Waals surface area (Å²) in [6.07, 6.45) is 0. The van der Waals surface area contributed by atoms with Crippen molar-refractivity contribution >= 4 is 31.9 Å². The highest BCUT2D eigenvalue weighted by atomic mass is 79.9. The Bertz CT molecular complexity index is 835. The van der Waals surface area contributed by atoms with Crippen molar-refractivity contribution in [2.24, 2.45) is 0 Å². The van der Waals surface area contributed by atoms with Gasteiger partial charge in [0, 0.05) is 11.0 Å². The Morgan fingerprint density at radius 1 is 1.17 bits per heavy atom. The van der Waals surface area contributed by atoms with Crippen molar-refractivity contribution in [3.05, 3.63) is 63.6 Å². The summed E-state index contributed by atoms with van der Waals surface area (Å²) >= 11 is 3.36. The predicted octanol–water partition coefficient (Wildman–Crippen LogP) is 2.60. The van der Waals surface area contributed by atoms with E-state index in [1.807, 2.05) is 19.1 Å². The molecule has 0 heterocycles. The van der Waals surface area contributed by atoms with E-state index in [4.69, 9.17) is 0 Å². The molecule has 122 valence electrons. The summed E-state index contributed by atoms with van der Waals surface area (Å²) in [5, 5.41) is 2.75. The van der Waals surface area contributed by atoms with Gasteiger partial charge in [-0.1, -0.05) is 24.3 Å². The first kappa shape index (κ1) is 17.7. The van der Waals surface area contributed by atoms with E-state index in [-0.39, 0.29) is 17.3 Å². The first-order valence-corrected chi connectivity index (χ1v) is 9.18. The first-order chi connectivity index (χ1) is 10.8. The molecule has 0 aliphatic rings. The van der Waals surface area contributed by atoms with Crippen LogP contribution in [0.15, 0.2) is 51.8 Å². The fourth-order valence-electron chi connectivity index (χ4n) is 2.10. The molecular formula is C16H17BrN2O3S. The number of hydrogen-bond acceptors (Lipinski definition) is 3. The van der Waals surface area contributed by atoms with Crippen LogP contribution in [0.2, 0.25) is 0 Å². The van der Waals surface area contributed by atoms with Gasteiger partial charge < -0.3 is 5.32 Å². The van der Waals surface area contributed by atoms with Gasteiger partial charge in [-0.15, -0.1) is 0 Å². The number of sulfonamides is 1. The summed E-state index contributed by atoms with van der Waals surface area (Å²) in [4.78, 5) is 12.4. The van der Waals surface area contributed by atoms with Crippen LogP contribution in [-0.4, -0.2) is 21.4 Å². The number of carbonyl (C=O) groups excluding carboxylic acids is 1. The van der Waals surface area contributed by atoms with E-state index in [9.17, 15) is 13.2 Å². The number of hydrogen-bond donors (Lipinski definition) is 2. The summed E-state index contributed by atoms with van der Waals surface area (Å²) in [6, 6.07) is 12.0. The minimum Gasteiger partial charge on any atom is -0.348 e. The molecule has 1 amide bonds. The molecule has 0 aliphatic heterocycles. The Labute approximate surface area is 144 Å². The third kappa shape index (κ3) is 4.19. The van der Waals surface area contributed by atoms with Crippen LogP contribution in [0.1, 0.15) is 21.5 Å². The van der Waals surface area contributed by atoms with E-state index >= 15 is 0 Å². The second kappa shape index (κ2) is 7.25. The van der Waals surface area contributed by atoms with E-state index in [0.29, 0.717) is 15.6 Å². The molecule has 7 heteroatoms. The lowest BCUT2D eigenvalue weighted by atomic mass is 10.1. The lowest BCUT2D eigenvalue weighted by molar-refractivity contribution is 0.0950. The Hall–Kier alpha value is -1.70. The summed E-state index contributed by atoms with van der Waals surface area (Å²) < 4.78 is 27.0. The molecule has 0 fully saturated rings. The van der Waals surface area contributed by atoms with Crippen LogP contribution in [0.5, 0.6) is 0 Å². The monoisotopic (exact) mass is 396 g/mol. The van der Waals surface area contributed by atoms with Gasteiger partial charge in [0.25, 0.3) is 5.91 Å². The molecule has 2 N–H and O–H groups in total. The number of nitrogens with one attached hydrogen (secondary N) is 2. The van der Waals surface area contributed by atoms with Crippen molar-refractivity contribution in [3.63, 3.8) is 0 Å². The molecule has 0 aliphatic carbocycles. The lowest BCUT2D eigenvalue weighted by Crippen LogP contribution is -2.26. The first-order valence-electron chi connectivity index (χ1n) is 6.91. The van der Waals surface area contributed by atoms with Crippen molar-refractivity contribution in [3.8, 4) is 0 Å². The summed E-state index contributed by atoms with van der Waals surface area (Å²) in [5.74, 6) is -0.270. The molecule has 2 aromatic rings. The normalized spacial score (nSPS) is 11.3. The maximum absolute atomic E-state index is 12.3. The van der Waals surface area contributed by atoms with Crippen molar-refractivity contribution in [1.82, 2.24) is 10.0 Å². The molecule has 0 radical (unpaired) electrons. The Balaban J connectivity index is 2.20. The number of halogens is 1. The van der Waals surface area contributed by atoms with Crippen LogP contribution in [-0.2, 0) is 16.6 Å². The molecule has 0 unspecified atom stereocenters. The number of rotatable bonds is 5. The van der Waals surface area contributed by atoms with Gasteiger partial charge in [-0.05, 0) is 59.2 Å². The molecule has 0 spiro atoms. The largest absolute Gasteiger partial charge is 0.348 e.